The highest BCUT2D eigenvalue weighted by Gasteiger charge is 2.13. The van der Waals surface area contributed by atoms with Crippen molar-refractivity contribution < 1.29 is 4.79 Å². The van der Waals surface area contributed by atoms with Crippen LogP contribution in [0.3, 0.4) is 0 Å². The highest BCUT2D eigenvalue weighted by atomic mass is 127. The number of aromatic nitrogens is 2. The molecule has 0 aliphatic rings. The van der Waals surface area contributed by atoms with Gasteiger partial charge in [0.05, 0.1) is 12.1 Å². The predicted octanol–water partition coefficient (Wildman–Crippen LogP) is 3.07. The van der Waals surface area contributed by atoms with Gasteiger partial charge in [0, 0.05) is 26.5 Å². The highest BCUT2D eigenvalue weighted by Crippen LogP contribution is 2.19. The van der Waals surface area contributed by atoms with Gasteiger partial charge in [0.25, 0.3) is 5.91 Å². The maximum Gasteiger partial charge on any atom is 0.252 e. The first-order valence-electron chi connectivity index (χ1n) is 5.79. The van der Waals surface area contributed by atoms with Crippen molar-refractivity contribution in [1.29, 1.82) is 0 Å². The van der Waals surface area contributed by atoms with Crippen molar-refractivity contribution in [2.45, 2.75) is 19.5 Å². The zero-order chi connectivity index (χ0) is 13.8. The van der Waals surface area contributed by atoms with E-state index in [1.807, 2.05) is 37.4 Å². The molecule has 0 aliphatic heterocycles. The molecule has 19 heavy (non-hydrogen) atoms. The summed E-state index contributed by atoms with van der Waals surface area (Å²) in [5, 5.41) is 7.09. The van der Waals surface area contributed by atoms with Crippen LogP contribution in [0, 0.1) is 3.57 Å². The number of amides is 1. The van der Waals surface area contributed by atoms with Crippen molar-refractivity contribution in [3.05, 3.63) is 50.3 Å². The summed E-state index contributed by atoms with van der Waals surface area (Å²) in [5.74, 6) is -0.0787. The predicted molar refractivity (Wildman–Crippen MR) is 86.0 cm³/mol. The van der Waals surface area contributed by atoms with Crippen LogP contribution in [-0.4, -0.2) is 21.7 Å². The third kappa shape index (κ3) is 4.04. The molecule has 1 atom stereocenters. The minimum absolute atomic E-state index is 0.0113. The fourth-order valence-electron chi connectivity index (χ4n) is 1.71. The van der Waals surface area contributed by atoms with E-state index in [9.17, 15) is 4.79 Å². The van der Waals surface area contributed by atoms with E-state index in [0.717, 1.165) is 8.04 Å². The SMILES string of the molecule is CC(Cn1cccn1)NC(=O)c1cc(I)ccc1Br. The Morgan fingerprint density at radius 1 is 1.58 bits per heavy atom. The lowest BCUT2D eigenvalue weighted by molar-refractivity contribution is 0.0935. The molecule has 0 bridgehead atoms. The first-order valence-corrected chi connectivity index (χ1v) is 7.67. The lowest BCUT2D eigenvalue weighted by Gasteiger charge is -2.14. The van der Waals surface area contributed by atoms with Crippen molar-refractivity contribution in [2.75, 3.05) is 0 Å². The van der Waals surface area contributed by atoms with Crippen molar-refractivity contribution in [3.63, 3.8) is 0 Å². The summed E-state index contributed by atoms with van der Waals surface area (Å²) in [4.78, 5) is 12.2. The molecule has 2 rings (SSSR count). The van der Waals surface area contributed by atoms with Gasteiger partial charge in [0.2, 0.25) is 0 Å². The Morgan fingerprint density at radius 2 is 2.37 bits per heavy atom. The number of halogens is 2. The van der Waals surface area contributed by atoms with Crippen molar-refractivity contribution >= 4 is 44.4 Å². The number of rotatable bonds is 4. The molecule has 1 aromatic heterocycles. The van der Waals surface area contributed by atoms with Gasteiger partial charge in [-0.15, -0.1) is 0 Å². The van der Waals surface area contributed by atoms with E-state index >= 15 is 0 Å². The number of carbonyl (C=O) groups is 1. The molecule has 1 N–H and O–H groups in total. The van der Waals surface area contributed by atoms with Gasteiger partial charge in [-0.1, -0.05) is 0 Å². The summed E-state index contributed by atoms with van der Waals surface area (Å²) in [5.41, 5.74) is 0.652. The van der Waals surface area contributed by atoms with Crippen LogP contribution < -0.4 is 5.32 Å². The molecule has 0 spiro atoms. The van der Waals surface area contributed by atoms with Gasteiger partial charge >= 0.3 is 0 Å². The van der Waals surface area contributed by atoms with Crippen LogP contribution in [-0.2, 0) is 6.54 Å². The lowest BCUT2D eigenvalue weighted by atomic mass is 10.2. The number of nitrogens with one attached hydrogen (secondary N) is 1. The molecule has 4 nitrogen and oxygen atoms in total. The van der Waals surface area contributed by atoms with Crippen LogP contribution in [0.2, 0.25) is 0 Å². The topological polar surface area (TPSA) is 46.9 Å². The smallest absolute Gasteiger partial charge is 0.252 e. The Morgan fingerprint density at radius 3 is 3.05 bits per heavy atom. The van der Waals surface area contributed by atoms with Crippen molar-refractivity contribution in [2.24, 2.45) is 0 Å². The third-order valence-corrected chi connectivity index (χ3v) is 3.93. The second-order valence-corrected chi connectivity index (χ2v) is 6.33. The van der Waals surface area contributed by atoms with Gasteiger partial charge in [0.15, 0.2) is 0 Å². The van der Waals surface area contributed by atoms with E-state index in [4.69, 9.17) is 0 Å². The molecule has 6 heteroatoms. The molecular formula is C13H13BrIN3O. The first-order chi connectivity index (χ1) is 9.06. The van der Waals surface area contributed by atoms with Crippen LogP contribution in [0.4, 0.5) is 0 Å². The molecule has 0 radical (unpaired) electrons. The first kappa shape index (κ1) is 14.5. The Hall–Kier alpha value is -0.890. The number of benzene rings is 1. The minimum Gasteiger partial charge on any atom is -0.348 e. The van der Waals surface area contributed by atoms with Crippen LogP contribution in [0.5, 0.6) is 0 Å². The highest BCUT2D eigenvalue weighted by molar-refractivity contribution is 14.1. The molecule has 1 aromatic carbocycles. The van der Waals surface area contributed by atoms with E-state index in [2.05, 4.69) is 48.9 Å². The largest absolute Gasteiger partial charge is 0.348 e. The quantitative estimate of drug-likeness (QED) is 0.753. The van der Waals surface area contributed by atoms with Gasteiger partial charge < -0.3 is 5.32 Å². The second kappa shape index (κ2) is 6.51. The average Bonchev–Trinajstić information content (AvgIpc) is 2.84. The molecule has 1 amide bonds. The van der Waals surface area contributed by atoms with Gasteiger partial charge in [-0.2, -0.15) is 5.10 Å². The van der Waals surface area contributed by atoms with Crippen LogP contribution in [0.25, 0.3) is 0 Å². The summed E-state index contributed by atoms with van der Waals surface area (Å²) >= 11 is 5.59. The second-order valence-electron chi connectivity index (χ2n) is 4.23. The fourth-order valence-corrected chi connectivity index (χ4v) is 2.63. The van der Waals surface area contributed by atoms with Gasteiger partial charge in [-0.05, 0) is 69.7 Å². The minimum atomic E-state index is -0.0787. The summed E-state index contributed by atoms with van der Waals surface area (Å²) in [6.45, 7) is 2.61. The fraction of sp³-hybridized carbons (Fsp3) is 0.231. The normalized spacial score (nSPS) is 12.2. The summed E-state index contributed by atoms with van der Waals surface area (Å²) in [7, 11) is 0. The monoisotopic (exact) mass is 433 g/mol. The number of hydrogen-bond acceptors (Lipinski definition) is 2. The Kier molecular flexibility index (Phi) is 4.98. The van der Waals surface area contributed by atoms with Crippen LogP contribution in [0.1, 0.15) is 17.3 Å². The molecule has 1 heterocycles. The van der Waals surface area contributed by atoms with Crippen LogP contribution in [0.15, 0.2) is 41.1 Å². The van der Waals surface area contributed by atoms with Gasteiger partial charge in [-0.25, -0.2) is 0 Å². The third-order valence-electron chi connectivity index (χ3n) is 2.57. The molecule has 1 unspecified atom stereocenters. The maximum absolute atomic E-state index is 12.2. The van der Waals surface area contributed by atoms with Gasteiger partial charge in [-0.3, -0.25) is 9.48 Å². The summed E-state index contributed by atoms with van der Waals surface area (Å²) < 4.78 is 3.64. The maximum atomic E-state index is 12.2. The van der Waals surface area contributed by atoms with Crippen molar-refractivity contribution in [3.8, 4) is 0 Å². The molecule has 2 aromatic rings. The number of carbonyl (C=O) groups excluding carboxylic acids is 1. The van der Waals surface area contributed by atoms with Crippen molar-refractivity contribution in [1.82, 2.24) is 15.1 Å². The zero-order valence-corrected chi connectivity index (χ0v) is 14.1. The molecule has 0 saturated carbocycles. The molecule has 0 fully saturated rings. The molecule has 0 saturated heterocycles. The van der Waals surface area contributed by atoms with E-state index in [1.54, 1.807) is 10.9 Å². The van der Waals surface area contributed by atoms with E-state index in [-0.39, 0.29) is 11.9 Å². The summed E-state index contributed by atoms with van der Waals surface area (Å²) in [6.07, 6.45) is 3.61. The van der Waals surface area contributed by atoms with E-state index in [1.165, 1.54) is 0 Å². The van der Waals surface area contributed by atoms with Crippen LogP contribution >= 0.6 is 38.5 Å². The molecule has 100 valence electrons. The Bertz CT molecular complexity index is 571. The number of nitrogens with zero attached hydrogens (tertiary/aromatic N) is 2. The number of hydrogen-bond donors (Lipinski definition) is 1. The van der Waals surface area contributed by atoms with E-state index in [0.29, 0.717) is 12.1 Å². The standard InChI is InChI=1S/C13H13BrIN3O/c1-9(8-18-6-2-5-16-18)17-13(19)11-7-10(15)3-4-12(11)14/h2-7,9H,8H2,1H3,(H,17,19). The lowest BCUT2D eigenvalue weighted by Crippen LogP contribution is -2.36. The van der Waals surface area contributed by atoms with E-state index < -0.39 is 0 Å². The zero-order valence-electron chi connectivity index (χ0n) is 10.3. The Labute approximate surface area is 133 Å². The Balaban J connectivity index is 2.02. The average molecular weight is 434 g/mol. The molecular weight excluding hydrogens is 421 g/mol. The summed E-state index contributed by atoms with van der Waals surface area (Å²) in [6, 6.07) is 7.58. The van der Waals surface area contributed by atoms with Gasteiger partial charge in [0.1, 0.15) is 0 Å². The molecule has 0 aliphatic carbocycles.